The second-order valence-corrected chi connectivity index (χ2v) is 8.04. The van der Waals surface area contributed by atoms with Crippen molar-refractivity contribution in [2.24, 2.45) is 0 Å². The Morgan fingerprint density at radius 3 is 2.70 bits per heavy atom. The molecule has 0 unspecified atom stereocenters. The number of β-amino-alcohol motifs (C(OH)–C–C–N with tert-alkyl or cyclic N) is 1. The Labute approximate surface area is 158 Å². The molecular weight excluding hydrogens is 348 g/mol. The monoisotopic (exact) mass is 375 g/mol. The van der Waals surface area contributed by atoms with Gasteiger partial charge in [0.2, 0.25) is 0 Å². The number of halogens is 2. The summed E-state index contributed by atoms with van der Waals surface area (Å²) < 4.78 is 27.0. The Bertz CT molecular complexity index is 816. The number of fused-ring (bicyclic) bond motifs is 1. The smallest absolute Gasteiger partial charge is 0.250 e. The van der Waals surface area contributed by atoms with Gasteiger partial charge in [0.15, 0.2) is 0 Å². The predicted molar refractivity (Wildman–Crippen MR) is 103 cm³/mol. The van der Waals surface area contributed by atoms with Crippen molar-refractivity contribution in [2.45, 2.75) is 51.2 Å². The van der Waals surface area contributed by atoms with E-state index in [9.17, 15) is 13.9 Å². The SMILES string of the molecule is Cc1ccc2nc(N3CCC[C@H](O)C3)c(CN3CCC(F)(F)CC3)cc2c1. The number of nitrogens with zero attached hydrogens (tertiary/aromatic N) is 3. The maximum atomic E-state index is 13.5. The standard InChI is InChI=1S/C21H27F2N3O/c1-15-4-5-19-16(11-15)12-17(13-25-9-6-21(22,23)7-10-25)20(24-19)26-8-2-3-18(27)14-26/h4-5,11-12,18,27H,2-3,6-10,13-14H2,1H3/t18-/m0/s1. The summed E-state index contributed by atoms with van der Waals surface area (Å²) in [4.78, 5) is 9.16. The molecule has 146 valence electrons. The molecule has 1 N–H and O–H groups in total. The van der Waals surface area contributed by atoms with Crippen LogP contribution in [0.4, 0.5) is 14.6 Å². The van der Waals surface area contributed by atoms with Crippen molar-refractivity contribution >= 4 is 16.7 Å². The Hall–Kier alpha value is -1.79. The Kier molecular flexibility index (Phi) is 5.03. The van der Waals surface area contributed by atoms with Gasteiger partial charge < -0.3 is 10.0 Å². The summed E-state index contributed by atoms with van der Waals surface area (Å²) >= 11 is 0. The van der Waals surface area contributed by atoms with Gasteiger partial charge in [0.25, 0.3) is 5.92 Å². The summed E-state index contributed by atoms with van der Waals surface area (Å²) in [5.41, 5.74) is 3.17. The zero-order valence-electron chi connectivity index (χ0n) is 15.8. The Morgan fingerprint density at radius 1 is 1.19 bits per heavy atom. The largest absolute Gasteiger partial charge is 0.391 e. The van der Waals surface area contributed by atoms with Crippen LogP contribution in [-0.4, -0.2) is 53.2 Å². The number of rotatable bonds is 3. The number of aliphatic hydroxyl groups is 1. The number of anilines is 1. The molecule has 1 aromatic heterocycles. The molecule has 2 aliphatic heterocycles. The zero-order valence-corrected chi connectivity index (χ0v) is 15.8. The van der Waals surface area contributed by atoms with E-state index in [0.29, 0.717) is 26.2 Å². The number of aliphatic hydroxyl groups excluding tert-OH is 1. The van der Waals surface area contributed by atoms with Gasteiger partial charge in [-0.3, -0.25) is 4.90 Å². The van der Waals surface area contributed by atoms with Gasteiger partial charge in [-0.25, -0.2) is 13.8 Å². The molecule has 0 amide bonds. The highest BCUT2D eigenvalue weighted by Crippen LogP contribution is 2.31. The van der Waals surface area contributed by atoms with Gasteiger partial charge in [0.1, 0.15) is 5.82 Å². The molecule has 0 radical (unpaired) electrons. The molecule has 27 heavy (non-hydrogen) atoms. The third-order valence-corrected chi connectivity index (χ3v) is 5.70. The quantitative estimate of drug-likeness (QED) is 0.887. The molecule has 0 bridgehead atoms. The number of hydrogen-bond donors (Lipinski definition) is 1. The summed E-state index contributed by atoms with van der Waals surface area (Å²) in [6, 6.07) is 8.35. The molecule has 4 rings (SSSR count). The fourth-order valence-corrected chi connectivity index (χ4v) is 4.15. The summed E-state index contributed by atoms with van der Waals surface area (Å²) in [7, 11) is 0. The van der Waals surface area contributed by atoms with Crippen LogP contribution in [-0.2, 0) is 6.54 Å². The molecule has 0 aliphatic carbocycles. The van der Waals surface area contributed by atoms with Crippen molar-refractivity contribution in [1.29, 1.82) is 0 Å². The molecule has 0 spiro atoms. The van der Waals surface area contributed by atoms with E-state index in [0.717, 1.165) is 41.7 Å². The molecule has 1 atom stereocenters. The normalized spacial score (nSPS) is 23.7. The average Bonchev–Trinajstić information content (AvgIpc) is 2.63. The Morgan fingerprint density at radius 2 is 1.96 bits per heavy atom. The van der Waals surface area contributed by atoms with E-state index in [1.165, 1.54) is 5.56 Å². The number of piperidine rings is 2. The lowest BCUT2D eigenvalue weighted by Crippen LogP contribution is -2.41. The molecule has 3 heterocycles. The molecule has 0 saturated carbocycles. The molecule has 1 aromatic carbocycles. The van der Waals surface area contributed by atoms with Gasteiger partial charge in [-0.05, 0) is 38.0 Å². The number of alkyl halides is 2. The lowest BCUT2D eigenvalue weighted by molar-refractivity contribution is -0.0566. The van der Waals surface area contributed by atoms with Crippen LogP contribution in [0.1, 0.15) is 36.8 Å². The second-order valence-electron chi connectivity index (χ2n) is 8.04. The maximum Gasteiger partial charge on any atom is 0.250 e. The van der Waals surface area contributed by atoms with Crippen molar-refractivity contribution in [1.82, 2.24) is 9.88 Å². The van der Waals surface area contributed by atoms with Gasteiger partial charge in [-0.15, -0.1) is 0 Å². The van der Waals surface area contributed by atoms with E-state index in [-0.39, 0.29) is 18.9 Å². The summed E-state index contributed by atoms with van der Waals surface area (Å²) in [6.07, 6.45) is 1.26. The van der Waals surface area contributed by atoms with E-state index < -0.39 is 5.92 Å². The first-order valence-corrected chi connectivity index (χ1v) is 9.83. The van der Waals surface area contributed by atoms with Crippen LogP contribution in [0.3, 0.4) is 0 Å². The van der Waals surface area contributed by atoms with Gasteiger partial charge in [-0.1, -0.05) is 11.6 Å². The first-order valence-electron chi connectivity index (χ1n) is 9.83. The van der Waals surface area contributed by atoms with Crippen LogP contribution in [0.5, 0.6) is 0 Å². The van der Waals surface area contributed by atoms with E-state index >= 15 is 0 Å². The average molecular weight is 375 g/mol. The van der Waals surface area contributed by atoms with E-state index in [2.05, 4.69) is 34.9 Å². The molecule has 6 heteroatoms. The Balaban J connectivity index is 1.66. The van der Waals surface area contributed by atoms with Crippen molar-refractivity contribution in [2.75, 3.05) is 31.1 Å². The lowest BCUT2D eigenvalue weighted by Gasteiger charge is -2.35. The minimum atomic E-state index is -2.53. The predicted octanol–water partition coefficient (Wildman–Crippen LogP) is 3.74. The van der Waals surface area contributed by atoms with Crippen LogP contribution in [0.25, 0.3) is 10.9 Å². The number of hydrogen-bond acceptors (Lipinski definition) is 4. The minimum absolute atomic E-state index is 0.0785. The van der Waals surface area contributed by atoms with Crippen molar-refractivity contribution in [3.63, 3.8) is 0 Å². The highest BCUT2D eigenvalue weighted by Gasteiger charge is 2.34. The molecular formula is C21H27F2N3O. The van der Waals surface area contributed by atoms with E-state index in [1.54, 1.807) is 0 Å². The first-order chi connectivity index (χ1) is 12.9. The first kappa shape index (κ1) is 18.6. The van der Waals surface area contributed by atoms with Crippen molar-refractivity contribution in [3.8, 4) is 0 Å². The van der Waals surface area contributed by atoms with E-state index in [4.69, 9.17) is 4.98 Å². The van der Waals surface area contributed by atoms with Crippen LogP contribution in [0.2, 0.25) is 0 Å². The maximum absolute atomic E-state index is 13.5. The van der Waals surface area contributed by atoms with Gasteiger partial charge in [0, 0.05) is 56.5 Å². The fraction of sp³-hybridized carbons (Fsp3) is 0.571. The summed E-state index contributed by atoms with van der Waals surface area (Å²) in [6.45, 7) is 4.93. The number of likely N-dealkylation sites (tertiary alicyclic amines) is 1. The van der Waals surface area contributed by atoms with Crippen molar-refractivity contribution in [3.05, 3.63) is 35.4 Å². The van der Waals surface area contributed by atoms with E-state index in [1.807, 2.05) is 6.07 Å². The van der Waals surface area contributed by atoms with Crippen LogP contribution < -0.4 is 4.90 Å². The third kappa shape index (κ3) is 4.22. The number of aryl methyl sites for hydroxylation is 1. The summed E-state index contributed by atoms with van der Waals surface area (Å²) in [5.74, 6) is -1.64. The van der Waals surface area contributed by atoms with Crippen LogP contribution in [0, 0.1) is 6.92 Å². The molecule has 4 nitrogen and oxygen atoms in total. The third-order valence-electron chi connectivity index (χ3n) is 5.70. The fourth-order valence-electron chi connectivity index (χ4n) is 4.15. The molecule has 2 fully saturated rings. The summed E-state index contributed by atoms with van der Waals surface area (Å²) in [5, 5.41) is 11.2. The molecule has 2 aliphatic rings. The van der Waals surface area contributed by atoms with Gasteiger partial charge >= 0.3 is 0 Å². The zero-order chi connectivity index (χ0) is 19.0. The topological polar surface area (TPSA) is 39.6 Å². The molecule has 2 saturated heterocycles. The van der Waals surface area contributed by atoms with Gasteiger partial charge in [-0.2, -0.15) is 0 Å². The lowest BCUT2D eigenvalue weighted by atomic mass is 10.0. The van der Waals surface area contributed by atoms with Crippen molar-refractivity contribution < 1.29 is 13.9 Å². The van der Waals surface area contributed by atoms with Crippen LogP contribution in [0.15, 0.2) is 24.3 Å². The second kappa shape index (κ2) is 7.32. The number of benzene rings is 1. The highest BCUT2D eigenvalue weighted by atomic mass is 19.3. The highest BCUT2D eigenvalue weighted by molar-refractivity contribution is 5.82. The molecule has 2 aromatic rings. The minimum Gasteiger partial charge on any atom is -0.391 e. The van der Waals surface area contributed by atoms with Gasteiger partial charge in [0.05, 0.1) is 11.6 Å². The number of aromatic nitrogens is 1. The van der Waals surface area contributed by atoms with Crippen LogP contribution >= 0.6 is 0 Å². The number of pyridine rings is 1.